The molecule has 0 spiro atoms. The van der Waals surface area contributed by atoms with Crippen LogP contribution in [0.2, 0.25) is 0 Å². The molecule has 102 valence electrons. The lowest BCUT2D eigenvalue weighted by Gasteiger charge is -2.38. The molecule has 2 heterocycles. The highest BCUT2D eigenvalue weighted by Gasteiger charge is 2.39. The van der Waals surface area contributed by atoms with Gasteiger partial charge in [-0.1, -0.05) is 0 Å². The number of aromatic nitrogens is 2. The Morgan fingerprint density at radius 2 is 2.16 bits per heavy atom. The van der Waals surface area contributed by atoms with E-state index in [0.717, 1.165) is 5.69 Å². The molecule has 19 heavy (non-hydrogen) atoms. The number of ether oxygens (including phenoxy) is 1. The molecule has 1 aliphatic rings. The summed E-state index contributed by atoms with van der Waals surface area (Å²) in [6.07, 6.45) is 2.95. The largest absolute Gasteiger partial charge is 0.367 e. The number of carbonyl (C=O) groups is 2. The molecule has 2 N–H and O–H groups in total. The lowest BCUT2D eigenvalue weighted by atomic mass is 10.0. The smallest absolute Gasteiger partial charge is 0.274 e. The third-order valence-electron chi connectivity index (χ3n) is 3.08. The van der Waals surface area contributed by atoms with Gasteiger partial charge in [0, 0.05) is 12.7 Å². The van der Waals surface area contributed by atoms with Gasteiger partial charge in [0.1, 0.15) is 5.69 Å². The van der Waals surface area contributed by atoms with Crippen LogP contribution in [0.15, 0.2) is 12.4 Å². The van der Waals surface area contributed by atoms with E-state index < -0.39 is 11.5 Å². The van der Waals surface area contributed by atoms with Gasteiger partial charge in [-0.15, -0.1) is 0 Å². The first-order chi connectivity index (χ1) is 8.92. The number of carbonyl (C=O) groups excluding carboxylic acids is 2. The monoisotopic (exact) mass is 264 g/mol. The Morgan fingerprint density at radius 3 is 2.74 bits per heavy atom. The van der Waals surface area contributed by atoms with Crippen LogP contribution >= 0.6 is 0 Å². The van der Waals surface area contributed by atoms with Gasteiger partial charge >= 0.3 is 0 Å². The Hall–Kier alpha value is -2.02. The van der Waals surface area contributed by atoms with Crippen LogP contribution in [-0.2, 0) is 9.53 Å². The highest BCUT2D eigenvalue weighted by Crippen LogP contribution is 2.18. The first kappa shape index (κ1) is 13.4. The predicted molar refractivity (Wildman–Crippen MR) is 66.2 cm³/mol. The van der Waals surface area contributed by atoms with Crippen LogP contribution in [-0.4, -0.2) is 52.0 Å². The molecule has 0 aliphatic carbocycles. The van der Waals surface area contributed by atoms with Crippen molar-refractivity contribution in [1.29, 1.82) is 0 Å². The van der Waals surface area contributed by atoms with Gasteiger partial charge in [-0.2, -0.15) is 0 Å². The van der Waals surface area contributed by atoms with Crippen LogP contribution in [0.1, 0.15) is 23.1 Å². The molecule has 0 radical (unpaired) electrons. The van der Waals surface area contributed by atoms with Gasteiger partial charge < -0.3 is 15.4 Å². The first-order valence-corrected chi connectivity index (χ1v) is 5.94. The van der Waals surface area contributed by atoms with E-state index in [9.17, 15) is 9.59 Å². The SMILES string of the molecule is Cc1cnc(C(=O)N2CCO[C@](C)(C(N)=O)C2)cn1. The molecule has 1 aliphatic heterocycles. The zero-order chi connectivity index (χ0) is 14.0. The van der Waals surface area contributed by atoms with Gasteiger partial charge in [0.05, 0.1) is 25.0 Å². The molecular weight excluding hydrogens is 248 g/mol. The quantitative estimate of drug-likeness (QED) is 0.776. The normalized spacial score (nSPS) is 23.2. The van der Waals surface area contributed by atoms with E-state index in [1.54, 1.807) is 13.8 Å². The Labute approximate surface area is 110 Å². The molecule has 0 unspecified atom stereocenters. The van der Waals surface area contributed by atoms with Crippen LogP contribution < -0.4 is 5.73 Å². The number of aryl methyl sites for hydroxylation is 1. The summed E-state index contributed by atoms with van der Waals surface area (Å²) in [6.45, 7) is 4.16. The third-order valence-corrected chi connectivity index (χ3v) is 3.08. The van der Waals surface area contributed by atoms with Crippen molar-refractivity contribution in [2.75, 3.05) is 19.7 Å². The molecule has 1 aromatic heterocycles. The van der Waals surface area contributed by atoms with Crippen molar-refractivity contribution < 1.29 is 14.3 Å². The predicted octanol–water partition coefficient (Wildman–Crippen LogP) is -0.499. The average molecular weight is 264 g/mol. The molecule has 2 rings (SSSR count). The molecule has 0 aromatic carbocycles. The zero-order valence-corrected chi connectivity index (χ0v) is 10.9. The topological polar surface area (TPSA) is 98.4 Å². The highest BCUT2D eigenvalue weighted by atomic mass is 16.5. The minimum absolute atomic E-state index is 0.122. The Morgan fingerprint density at radius 1 is 1.42 bits per heavy atom. The number of nitrogens with two attached hydrogens (primary N) is 1. The van der Waals surface area contributed by atoms with Crippen LogP contribution in [0, 0.1) is 6.92 Å². The Balaban J connectivity index is 2.15. The molecular formula is C12H16N4O3. The number of hydrogen-bond acceptors (Lipinski definition) is 5. The molecule has 7 nitrogen and oxygen atoms in total. The van der Waals surface area contributed by atoms with E-state index in [4.69, 9.17) is 10.5 Å². The number of hydrogen-bond donors (Lipinski definition) is 1. The summed E-state index contributed by atoms with van der Waals surface area (Å²) in [5.41, 5.74) is 5.13. The molecule has 1 fully saturated rings. The van der Waals surface area contributed by atoms with Gasteiger partial charge in [0.15, 0.2) is 5.60 Å². The van der Waals surface area contributed by atoms with Crippen molar-refractivity contribution in [3.05, 3.63) is 23.8 Å². The molecule has 2 amide bonds. The van der Waals surface area contributed by atoms with Gasteiger partial charge in [0.25, 0.3) is 11.8 Å². The van der Waals surface area contributed by atoms with Crippen LogP contribution in [0.25, 0.3) is 0 Å². The summed E-state index contributed by atoms with van der Waals surface area (Å²) >= 11 is 0. The van der Waals surface area contributed by atoms with E-state index in [2.05, 4.69) is 9.97 Å². The highest BCUT2D eigenvalue weighted by molar-refractivity contribution is 5.93. The van der Waals surface area contributed by atoms with Crippen LogP contribution in [0.5, 0.6) is 0 Å². The zero-order valence-electron chi connectivity index (χ0n) is 10.9. The maximum Gasteiger partial charge on any atom is 0.274 e. The van der Waals surface area contributed by atoms with Crippen molar-refractivity contribution in [3.8, 4) is 0 Å². The van der Waals surface area contributed by atoms with E-state index in [1.807, 2.05) is 0 Å². The van der Waals surface area contributed by atoms with Gasteiger partial charge in [-0.25, -0.2) is 4.98 Å². The second-order valence-corrected chi connectivity index (χ2v) is 4.71. The van der Waals surface area contributed by atoms with Gasteiger partial charge in [-0.3, -0.25) is 14.6 Å². The summed E-state index contributed by atoms with van der Waals surface area (Å²) in [5.74, 6) is -0.858. The maximum atomic E-state index is 12.2. The van der Waals surface area contributed by atoms with E-state index in [1.165, 1.54) is 17.3 Å². The number of nitrogens with zero attached hydrogens (tertiary/aromatic N) is 3. The fraction of sp³-hybridized carbons (Fsp3) is 0.500. The standard InChI is InChI=1S/C12H16N4O3/c1-8-5-15-9(6-14-8)10(17)16-3-4-19-12(2,7-16)11(13)18/h5-6H,3-4,7H2,1-2H3,(H2,13,18)/t12-/m0/s1. The molecule has 1 saturated heterocycles. The fourth-order valence-corrected chi connectivity index (χ4v) is 1.86. The second-order valence-electron chi connectivity index (χ2n) is 4.71. The van der Waals surface area contributed by atoms with Crippen LogP contribution in [0.3, 0.4) is 0 Å². The van der Waals surface area contributed by atoms with Crippen molar-refractivity contribution in [2.45, 2.75) is 19.4 Å². The maximum absolute atomic E-state index is 12.2. The van der Waals surface area contributed by atoms with Crippen molar-refractivity contribution in [2.24, 2.45) is 5.73 Å². The van der Waals surface area contributed by atoms with Gasteiger partial charge in [0.2, 0.25) is 0 Å². The minimum atomic E-state index is -1.15. The number of rotatable bonds is 2. The summed E-state index contributed by atoms with van der Waals surface area (Å²) in [7, 11) is 0. The molecule has 1 atom stereocenters. The average Bonchev–Trinajstić information content (AvgIpc) is 2.39. The van der Waals surface area contributed by atoms with Gasteiger partial charge in [-0.05, 0) is 13.8 Å². The summed E-state index contributed by atoms with van der Waals surface area (Å²) in [5, 5.41) is 0. The third kappa shape index (κ3) is 2.70. The van der Waals surface area contributed by atoms with Crippen molar-refractivity contribution in [3.63, 3.8) is 0 Å². The molecule has 0 bridgehead atoms. The van der Waals surface area contributed by atoms with Crippen LogP contribution in [0.4, 0.5) is 0 Å². The minimum Gasteiger partial charge on any atom is -0.367 e. The number of primary amides is 1. The van der Waals surface area contributed by atoms with Crippen molar-refractivity contribution >= 4 is 11.8 Å². The van der Waals surface area contributed by atoms with E-state index in [-0.39, 0.29) is 24.8 Å². The summed E-state index contributed by atoms with van der Waals surface area (Å²) in [4.78, 5) is 33.2. The summed E-state index contributed by atoms with van der Waals surface area (Å²) in [6, 6.07) is 0. The lowest BCUT2D eigenvalue weighted by Crippen LogP contribution is -2.58. The fourth-order valence-electron chi connectivity index (χ4n) is 1.86. The molecule has 1 aromatic rings. The van der Waals surface area contributed by atoms with Crippen molar-refractivity contribution in [1.82, 2.24) is 14.9 Å². The second kappa shape index (κ2) is 4.93. The Kier molecular flexibility index (Phi) is 3.48. The van der Waals surface area contributed by atoms with E-state index in [0.29, 0.717) is 6.54 Å². The lowest BCUT2D eigenvalue weighted by molar-refractivity contribution is -0.150. The number of amides is 2. The molecule has 0 saturated carbocycles. The first-order valence-electron chi connectivity index (χ1n) is 5.94. The Bertz CT molecular complexity index is 502. The number of morpholine rings is 1. The summed E-state index contributed by atoms with van der Waals surface area (Å²) < 4.78 is 5.36. The van der Waals surface area contributed by atoms with E-state index >= 15 is 0 Å². The molecule has 7 heteroatoms.